The number of halogens is 2. The summed E-state index contributed by atoms with van der Waals surface area (Å²) in [5.41, 5.74) is 3.94. The lowest BCUT2D eigenvalue weighted by atomic mass is 9.71. The van der Waals surface area contributed by atoms with Gasteiger partial charge in [-0.25, -0.2) is 8.78 Å². The Balaban J connectivity index is 2.68. The predicted octanol–water partition coefficient (Wildman–Crippen LogP) is 1.66. The van der Waals surface area contributed by atoms with Crippen LogP contribution in [0.1, 0.15) is 39.5 Å². The van der Waals surface area contributed by atoms with Gasteiger partial charge in [0.05, 0.1) is 5.60 Å². The number of hydrogen-bond donors (Lipinski definition) is 2. The smallest absolute Gasteiger partial charge is 0.248 e. The van der Waals surface area contributed by atoms with Crippen LogP contribution in [0.5, 0.6) is 0 Å². The van der Waals surface area contributed by atoms with Crippen LogP contribution in [0, 0.1) is 0 Å². The molecule has 78 valence electrons. The molecule has 0 heterocycles. The van der Waals surface area contributed by atoms with E-state index in [-0.39, 0.29) is 25.7 Å². The first kappa shape index (κ1) is 10.9. The molecule has 4 heteroatoms. The second-order valence-electron chi connectivity index (χ2n) is 4.57. The summed E-state index contributed by atoms with van der Waals surface area (Å²) in [6, 6.07) is 0. The maximum Gasteiger partial charge on any atom is 0.248 e. The fraction of sp³-hybridized carbons (Fsp3) is 1.00. The van der Waals surface area contributed by atoms with Crippen LogP contribution in [0.2, 0.25) is 0 Å². The number of aliphatic hydroxyl groups is 1. The van der Waals surface area contributed by atoms with Crippen LogP contribution in [0.4, 0.5) is 8.78 Å². The number of rotatable bonds is 1. The quantitative estimate of drug-likeness (QED) is 0.665. The van der Waals surface area contributed by atoms with Gasteiger partial charge in [0.2, 0.25) is 5.92 Å². The van der Waals surface area contributed by atoms with Gasteiger partial charge in [0.25, 0.3) is 0 Å². The highest BCUT2D eigenvalue weighted by atomic mass is 19.3. The minimum Gasteiger partial charge on any atom is -0.389 e. The summed E-state index contributed by atoms with van der Waals surface area (Å²) >= 11 is 0. The molecule has 3 N–H and O–H groups in total. The SMILES string of the molecule is CC(C)(O)C1(N)CCC(F)(F)CC1. The minimum atomic E-state index is -2.59. The Morgan fingerprint density at radius 3 is 1.85 bits per heavy atom. The topological polar surface area (TPSA) is 46.2 Å². The molecule has 0 unspecified atom stereocenters. The normalized spacial score (nSPS) is 27.2. The van der Waals surface area contributed by atoms with E-state index in [0.29, 0.717) is 0 Å². The molecule has 0 spiro atoms. The largest absolute Gasteiger partial charge is 0.389 e. The molecule has 1 saturated carbocycles. The Bertz CT molecular complexity index is 188. The van der Waals surface area contributed by atoms with Crippen molar-refractivity contribution < 1.29 is 13.9 Å². The van der Waals surface area contributed by atoms with Crippen LogP contribution in [0.3, 0.4) is 0 Å². The standard InChI is InChI=1S/C9H17F2NO/c1-7(2,13)8(12)3-5-9(10,11)6-4-8/h13H,3-6,12H2,1-2H3. The number of alkyl halides is 2. The average molecular weight is 193 g/mol. The molecule has 0 bridgehead atoms. The minimum absolute atomic E-state index is 0.184. The summed E-state index contributed by atoms with van der Waals surface area (Å²) in [5.74, 6) is -2.59. The van der Waals surface area contributed by atoms with Crippen LogP contribution in [0.15, 0.2) is 0 Å². The monoisotopic (exact) mass is 193 g/mol. The fourth-order valence-electron chi connectivity index (χ4n) is 1.67. The van der Waals surface area contributed by atoms with Crippen molar-refractivity contribution in [2.45, 2.75) is 56.6 Å². The molecule has 0 amide bonds. The summed E-state index contributed by atoms with van der Waals surface area (Å²) < 4.78 is 25.6. The van der Waals surface area contributed by atoms with Gasteiger partial charge in [0, 0.05) is 18.4 Å². The van der Waals surface area contributed by atoms with Crippen molar-refractivity contribution in [3.8, 4) is 0 Å². The van der Waals surface area contributed by atoms with E-state index in [1.807, 2.05) is 0 Å². The molecule has 2 nitrogen and oxygen atoms in total. The molecule has 13 heavy (non-hydrogen) atoms. The van der Waals surface area contributed by atoms with Crippen molar-refractivity contribution in [2.24, 2.45) is 5.73 Å². The molecule has 0 aromatic carbocycles. The molecule has 1 aliphatic carbocycles. The Kier molecular flexibility index (Phi) is 2.41. The summed E-state index contributed by atoms with van der Waals surface area (Å²) in [4.78, 5) is 0. The van der Waals surface area contributed by atoms with Gasteiger partial charge >= 0.3 is 0 Å². The Labute approximate surface area is 77.1 Å². The maximum absolute atomic E-state index is 12.8. The molecular formula is C9H17F2NO. The zero-order valence-electron chi connectivity index (χ0n) is 8.11. The van der Waals surface area contributed by atoms with Crippen LogP contribution in [0.25, 0.3) is 0 Å². The fourth-order valence-corrected chi connectivity index (χ4v) is 1.67. The third kappa shape index (κ3) is 2.17. The first-order valence-electron chi connectivity index (χ1n) is 4.55. The van der Waals surface area contributed by atoms with Gasteiger partial charge in [-0.05, 0) is 26.7 Å². The van der Waals surface area contributed by atoms with Crippen LogP contribution < -0.4 is 5.73 Å². The third-order valence-corrected chi connectivity index (χ3v) is 3.09. The molecular weight excluding hydrogens is 176 g/mol. The van der Waals surface area contributed by atoms with Crippen LogP contribution in [-0.4, -0.2) is 22.2 Å². The highest BCUT2D eigenvalue weighted by Crippen LogP contribution is 2.41. The summed E-state index contributed by atoms with van der Waals surface area (Å²) in [6.07, 6.45) is -0.0615. The Morgan fingerprint density at radius 1 is 1.15 bits per heavy atom. The van der Waals surface area contributed by atoms with E-state index in [1.54, 1.807) is 13.8 Å². The lowest BCUT2D eigenvalue weighted by molar-refractivity contribution is -0.0933. The average Bonchev–Trinajstić information content (AvgIpc) is 1.94. The molecule has 0 saturated heterocycles. The van der Waals surface area contributed by atoms with Gasteiger partial charge in [-0.1, -0.05) is 0 Å². The van der Waals surface area contributed by atoms with Gasteiger partial charge in [0.1, 0.15) is 0 Å². The Morgan fingerprint density at radius 2 is 1.54 bits per heavy atom. The van der Waals surface area contributed by atoms with Gasteiger partial charge in [-0.3, -0.25) is 0 Å². The van der Waals surface area contributed by atoms with Crippen molar-refractivity contribution >= 4 is 0 Å². The van der Waals surface area contributed by atoms with Crippen molar-refractivity contribution in [3.05, 3.63) is 0 Å². The lowest BCUT2D eigenvalue weighted by Crippen LogP contribution is -2.60. The van der Waals surface area contributed by atoms with Crippen molar-refractivity contribution in [3.63, 3.8) is 0 Å². The summed E-state index contributed by atoms with van der Waals surface area (Å²) in [6.45, 7) is 3.16. The molecule has 0 radical (unpaired) electrons. The van der Waals surface area contributed by atoms with Gasteiger partial charge in [-0.15, -0.1) is 0 Å². The number of nitrogens with two attached hydrogens (primary N) is 1. The second kappa shape index (κ2) is 2.89. The zero-order valence-corrected chi connectivity index (χ0v) is 8.11. The van der Waals surface area contributed by atoms with E-state index in [4.69, 9.17) is 5.73 Å². The maximum atomic E-state index is 12.8. The molecule has 1 fully saturated rings. The highest BCUT2D eigenvalue weighted by molar-refractivity contribution is 5.02. The van der Waals surface area contributed by atoms with Crippen LogP contribution >= 0.6 is 0 Å². The van der Waals surface area contributed by atoms with E-state index in [1.165, 1.54) is 0 Å². The number of hydrogen-bond acceptors (Lipinski definition) is 2. The van der Waals surface area contributed by atoms with Crippen molar-refractivity contribution in [2.75, 3.05) is 0 Å². The predicted molar refractivity (Wildman–Crippen MR) is 46.6 cm³/mol. The van der Waals surface area contributed by atoms with Gasteiger partial charge < -0.3 is 10.8 Å². The summed E-state index contributed by atoms with van der Waals surface area (Å²) in [5, 5.41) is 9.70. The molecule has 0 aliphatic heterocycles. The van der Waals surface area contributed by atoms with Crippen molar-refractivity contribution in [1.82, 2.24) is 0 Å². The second-order valence-corrected chi connectivity index (χ2v) is 4.57. The highest BCUT2D eigenvalue weighted by Gasteiger charge is 2.48. The van der Waals surface area contributed by atoms with E-state index < -0.39 is 17.1 Å². The molecule has 0 aromatic rings. The van der Waals surface area contributed by atoms with Crippen molar-refractivity contribution in [1.29, 1.82) is 0 Å². The van der Waals surface area contributed by atoms with Gasteiger partial charge in [-0.2, -0.15) is 0 Å². The van der Waals surface area contributed by atoms with E-state index in [9.17, 15) is 13.9 Å². The van der Waals surface area contributed by atoms with E-state index in [0.717, 1.165) is 0 Å². The molecule has 1 aliphatic rings. The summed E-state index contributed by atoms with van der Waals surface area (Å²) in [7, 11) is 0. The molecule has 0 aromatic heterocycles. The molecule has 1 rings (SSSR count). The first-order valence-corrected chi connectivity index (χ1v) is 4.55. The first-order chi connectivity index (χ1) is 5.66. The van der Waals surface area contributed by atoms with E-state index in [2.05, 4.69) is 0 Å². The zero-order chi connectivity index (χ0) is 10.3. The lowest BCUT2D eigenvalue weighted by Gasteiger charge is -2.44. The Hall–Kier alpha value is -0.220. The van der Waals surface area contributed by atoms with E-state index >= 15 is 0 Å². The van der Waals surface area contributed by atoms with Gasteiger partial charge in [0.15, 0.2) is 0 Å². The third-order valence-electron chi connectivity index (χ3n) is 3.09. The van der Waals surface area contributed by atoms with Crippen LogP contribution in [-0.2, 0) is 0 Å². The molecule has 0 atom stereocenters.